The van der Waals surface area contributed by atoms with E-state index < -0.39 is 0 Å². The monoisotopic (exact) mass is 455 g/mol. The standard InChI is InChI=1S/C28H29N3O3/c1-19-7-6-8-21(15-19)13-14-31(28(33)30-25-9-4-5-10-26(25)34-3)18-23-17-22-16-20(2)11-12-24(22)29-27(23)32/h4-12,15-17H,13-14,18H2,1-3H3,(H,29,32)(H,30,33). The van der Waals surface area contributed by atoms with Gasteiger partial charge in [0.1, 0.15) is 5.75 Å². The van der Waals surface area contributed by atoms with Crippen molar-refractivity contribution >= 4 is 22.6 Å². The minimum atomic E-state index is -0.291. The van der Waals surface area contributed by atoms with Crippen LogP contribution in [-0.2, 0) is 13.0 Å². The molecule has 3 aromatic carbocycles. The maximum atomic E-state index is 13.3. The Bertz CT molecular complexity index is 1380. The number of para-hydroxylation sites is 2. The van der Waals surface area contributed by atoms with Crippen LogP contribution in [0.2, 0.25) is 0 Å². The number of methoxy groups -OCH3 is 1. The van der Waals surface area contributed by atoms with Gasteiger partial charge < -0.3 is 19.9 Å². The number of anilines is 1. The van der Waals surface area contributed by atoms with E-state index in [0.29, 0.717) is 30.0 Å². The molecule has 0 radical (unpaired) electrons. The zero-order valence-electron chi connectivity index (χ0n) is 19.7. The van der Waals surface area contributed by atoms with Crippen LogP contribution >= 0.6 is 0 Å². The number of carbonyl (C=O) groups excluding carboxylic acids is 1. The van der Waals surface area contributed by atoms with Gasteiger partial charge in [-0.05, 0) is 61.5 Å². The first-order chi connectivity index (χ1) is 16.4. The van der Waals surface area contributed by atoms with E-state index in [0.717, 1.165) is 22.0 Å². The number of hydrogen-bond acceptors (Lipinski definition) is 3. The Morgan fingerprint density at radius 3 is 2.56 bits per heavy atom. The minimum absolute atomic E-state index is 0.187. The van der Waals surface area contributed by atoms with Crippen LogP contribution in [0.5, 0.6) is 5.75 Å². The fourth-order valence-electron chi connectivity index (χ4n) is 4.02. The number of benzene rings is 3. The van der Waals surface area contributed by atoms with Gasteiger partial charge in [0.25, 0.3) is 5.56 Å². The minimum Gasteiger partial charge on any atom is -0.495 e. The number of aromatic nitrogens is 1. The predicted octanol–water partition coefficient (Wildman–Crippen LogP) is 5.43. The van der Waals surface area contributed by atoms with Crippen LogP contribution < -0.4 is 15.6 Å². The Morgan fingerprint density at radius 1 is 0.971 bits per heavy atom. The molecule has 1 aromatic heterocycles. The number of aryl methyl sites for hydroxylation is 2. The topological polar surface area (TPSA) is 74.4 Å². The quantitative estimate of drug-likeness (QED) is 0.390. The molecule has 4 rings (SSSR count). The second-order valence-electron chi connectivity index (χ2n) is 8.51. The Balaban J connectivity index is 1.62. The SMILES string of the molecule is COc1ccccc1NC(=O)N(CCc1cccc(C)c1)Cc1cc2cc(C)ccc2[nH]c1=O. The molecule has 0 bridgehead atoms. The molecule has 0 aliphatic carbocycles. The molecule has 2 amide bonds. The third-order valence-electron chi connectivity index (χ3n) is 5.83. The van der Waals surface area contributed by atoms with Gasteiger partial charge in [-0.3, -0.25) is 4.79 Å². The number of amides is 2. The average Bonchev–Trinajstić information content (AvgIpc) is 2.82. The highest BCUT2D eigenvalue weighted by Gasteiger charge is 2.18. The number of fused-ring (bicyclic) bond motifs is 1. The molecule has 174 valence electrons. The number of rotatable bonds is 7. The smallest absolute Gasteiger partial charge is 0.322 e. The summed E-state index contributed by atoms with van der Waals surface area (Å²) in [6.07, 6.45) is 0.672. The normalized spacial score (nSPS) is 10.8. The van der Waals surface area contributed by atoms with Gasteiger partial charge in [-0.25, -0.2) is 4.79 Å². The van der Waals surface area contributed by atoms with Gasteiger partial charge in [-0.1, -0.05) is 53.6 Å². The number of hydrogen-bond donors (Lipinski definition) is 2. The van der Waals surface area contributed by atoms with Crippen molar-refractivity contribution in [3.05, 3.63) is 105 Å². The molecule has 0 saturated heterocycles. The molecular formula is C28H29N3O3. The Labute approximate surface area is 199 Å². The first kappa shape index (κ1) is 23.1. The summed E-state index contributed by atoms with van der Waals surface area (Å²) in [5, 5.41) is 3.89. The van der Waals surface area contributed by atoms with E-state index in [1.807, 2.05) is 62.4 Å². The fraction of sp³-hybridized carbons (Fsp3) is 0.214. The van der Waals surface area contributed by atoms with Gasteiger partial charge in [-0.2, -0.15) is 0 Å². The summed E-state index contributed by atoms with van der Waals surface area (Å²) in [7, 11) is 1.57. The van der Waals surface area contributed by atoms with E-state index in [1.165, 1.54) is 5.56 Å². The molecule has 6 heteroatoms. The molecule has 0 aliphatic heterocycles. The summed E-state index contributed by atoms with van der Waals surface area (Å²) >= 11 is 0. The van der Waals surface area contributed by atoms with Crippen LogP contribution in [-0.4, -0.2) is 29.6 Å². The number of nitrogens with zero attached hydrogens (tertiary/aromatic N) is 1. The Hall–Kier alpha value is -4.06. The lowest BCUT2D eigenvalue weighted by Crippen LogP contribution is -2.37. The van der Waals surface area contributed by atoms with Crippen molar-refractivity contribution in [1.29, 1.82) is 0 Å². The van der Waals surface area contributed by atoms with Gasteiger partial charge in [-0.15, -0.1) is 0 Å². The molecule has 1 heterocycles. The van der Waals surface area contributed by atoms with Gasteiger partial charge in [0, 0.05) is 17.6 Å². The maximum absolute atomic E-state index is 13.3. The van der Waals surface area contributed by atoms with Gasteiger partial charge in [0.05, 0.1) is 19.3 Å². The number of aromatic amines is 1. The summed E-state index contributed by atoms with van der Waals surface area (Å²) in [6, 6.07) is 23.0. The molecule has 34 heavy (non-hydrogen) atoms. The highest BCUT2D eigenvalue weighted by molar-refractivity contribution is 5.91. The highest BCUT2D eigenvalue weighted by Crippen LogP contribution is 2.24. The number of carbonyl (C=O) groups is 1. The van der Waals surface area contributed by atoms with Crippen LogP contribution in [0.3, 0.4) is 0 Å². The van der Waals surface area contributed by atoms with Crippen molar-refractivity contribution in [2.45, 2.75) is 26.8 Å². The molecule has 2 N–H and O–H groups in total. The molecule has 0 saturated carbocycles. The van der Waals surface area contributed by atoms with Crippen LogP contribution in [0.1, 0.15) is 22.3 Å². The average molecular weight is 456 g/mol. The maximum Gasteiger partial charge on any atom is 0.322 e. The van der Waals surface area contributed by atoms with Crippen molar-refractivity contribution in [3.8, 4) is 5.75 Å². The largest absolute Gasteiger partial charge is 0.495 e. The van der Waals surface area contributed by atoms with Crippen molar-refractivity contribution in [2.24, 2.45) is 0 Å². The Morgan fingerprint density at radius 2 is 1.76 bits per heavy atom. The fourth-order valence-corrected chi connectivity index (χ4v) is 4.02. The van der Waals surface area contributed by atoms with Gasteiger partial charge in [0.15, 0.2) is 0 Å². The highest BCUT2D eigenvalue weighted by atomic mass is 16.5. The zero-order chi connectivity index (χ0) is 24.1. The van der Waals surface area contributed by atoms with Crippen molar-refractivity contribution in [1.82, 2.24) is 9.88 Å². The molecule has 4 aromatic rings. The molecule has 0 aliphatic rings. The first-order valence-electron chi connectivity index (χ1n) is 11.3. The summed E-state index contributed by atoms with van der Waals surface area (Å²) in [6.45, 7) is 4.70. The van der Waals surface area contributed by atoms with Crippen molar-refractivity contribution in [2.75, 3.05) is 19.0 Å². The Kier molecular flexibility index (Phi) is 6.97. The third kappa shape index (κ3) is 5.46. The van der Waals surface area contributed by atoms with E-state index in [2.05, 4.69) is 22.4 Å². The molecule has 0 atom stereocenters. The molecule has 0 unspecified atom stereocenters. The van der Waals surface area contributed by atoms with E-state index in [4.69, 9.17) is 4.74 Å². The van der Waals surface area contributed by atoms with Gasteiger partial charge in [0.2, 0.25) is 0 Å². The second kappa shape index (κ2) is 10.3. The number of urea groups is 1. The van der Waals surface area contributed by atoms with Crippen molar-refractivity contribution in [3.63, 3.8) is 0 Å². The van der Waals surface area contributed by atoms with E-state index in [9.17, 15) is 9.59 Å². The summed E-state index contributed by atoms with van der Waals surface area (Å²) in [4.78, 5) is 30.8. The predicted molar refractivity (Wildman–Crippen MR) is 137 cm³/mol. The van der Waals surface area contributed by atoms with Crippen LogP contribution in [0, 0.1) is 13.8 Å². The summed E-state index contributed by atoms with van der Waals surface area (Å²) < 4.78 is 5.38. The van der Waals surface area contributed by atoms with Crippen LogP contribution in [0.25, 0.3) is 10.9 Å². The molecule has 0 fully saturated rings. The lowest BCUT2D eigenvalue weighted by Gasteiger charge is -2.24. The number of ether oxygens (including phenoxy) is 1. The van der Waals surface area contributed by atoms with E-state index in [-0.39, 0.29) is 18.1 Å². The lowest BCUT2D eigenvalue weighted by molar-refractivity contribution is 0.209. The zero-order valence-corrected chi connectivity index (χ0v) is 19.7. The number of nitrogens with one attached hydrogen (secondary N) is 2. The van der Waals surface area contributed by atoms with Crippen molar-refractivity contribution < 1.29 is 9.53 Å². The van der Waals surface area contributed by atoms with E-state index in [1.54, 1.807) is 24.1 Å². The molecule has 6 nitrogen and oxygen atoms in total. The van der Waals surface area contributed by atoms with E-state index >= 15 is 0 Å². The number of pyridine rings is 1. The molecular weight excluding hydrogens is 426 g/mol. The number of H-pyrrole nitrogens is 1. The molecule has 0 spiro atoms. The summed E-state index contributed by atoms with van der Waals surface area (Å²) in [5.74, 6) is 0.577. The van der Waals surface area contributed by atoms with Crippen LogP contribution in [0.4, 0.5) is 10.5 Å². The first-order valence-corrected chi connectivity index (χ1v) is 11.3. The third-order valence-corrected chi connectivity index (χ3v) is 5.83. The lowest BCUT2D eigenvalue weighted by atomic mass is 10.1. The second-order valence-corrected chi connectivity index (χ2v) is 8.51. The summed E-state index contributed by atoms with van der Waals surface area (Å²) in [5.41, 5.74) is 5.12. The van der Waals surface area contributed by atoms with Crippen LogP contribution in [0.15, 0.2) is 77.6 Å². The van der Waals surface area contributed by atoms with Gasteiger partial charge >= 0.3 is 6.03 Å².